The second-order valence-electron chi connectivity index (χ2n) is 8.54. The fourth-order valence-corrected chi connectivity index (χ4v) is 5.46. The largest absolute Gasteiger partial charge is 0.421 e. The molecule has 2 atom stereocenters. The Kier molecular flexibility index (Phi) is 5.59. The van der Waals surface area contributed by atoms with Crippen LogP contribution in [0, 0.1) is 5.92 Å². The van der Waals surface area contributed by atoms with Crippen LogP contribution in [0.25, 0.3) is 0 Å². The first-order valence-corrected chi connectivity index (χ1v) is 11.8. The number of aliphatic hydroxyl groups is 1. The van der Waals surface area contributed by atoms with Crippen LogP contribution < -0.4 is 10.6 Å². The van der Waals surface area contributed by atoms with Crippen molar-refractivity contribution in [2.24, 2.45) is 5.92 Å². The summed E-state index contributed by atoms with van der Waals surface area (Å²) in [7, 11) is -3.36. The van der Waals surface area contributed by atoms with Gasteiger partial charge in [-0.15, -0.1) is 0 Å². The van der Waals surface area contributed by atoms with Crippen molar-refractivity contribution < 1.29 is 31.5 Å². The number of halogens is 3. The Labute approximate surface area is 183 Å². The highest BCUT2D eigenvalue weighted by Gasteiger charge is 2.51. The van der Waals surface area contributed by atoms with E-state index in [1.807, 2.05) is 0 Å². The zero-order valence-corrected chi connectivity index (χ0v) is 18.1. The molecular weight excluding hydrogens is 445 g/mol. The molecule has 1 aliphatic heterocycles. The van der Waals surface area contributed by atoms with Crippen LogP contribution in [0.2, 0.25) is 0 Å². The number of benzene rings is 2. The van der Waals surface area contributed by atoms with Gasteiger partial charge in [0, 0.05) is 12.2 Å². The molecule has 2 unspecified atom stereocenters. The van der Waals surface area contributed by atoms with Gasteiger partial charge in [0.15, 0.2) is 15.4 Å². The summed E-state index contributed by atoms with van der Waals surface area (Å²) in [5.74, 6) is -0.0517. The summed E-state index contributed by atoms with van der Waals surface area (Å²) in [6, 6.07) is 8.81. The van der Waals surface area contributed by atoms with E-state index in [1.54, 1.807) is 12.1 Å². The van der Waals surface area contributed by atoms with E-state index in [2.05, 4.69) is 10.6 Å². The lowest BCUT2D eigenvalue weighted by Gasteiger charge is -2.26. The third-order valence-corrected chi connectivity index (χ3v) is 7.84. The van der Waals surface area contributed by atoms with Gasteiger partial charge < -0.3 is 10.4 Å². The number of amides is 1. The van der Waals surface area contributed by atoms with Crippen molar-refractivity contribution in [3.63, 3.8) is 0 Å². The standard InChI is InChI=1S/C22H23F3N2O4S/c1-21(29,22(23,24)25)15-4-6-16(7-5-15)27-20(28)19-18-9-8-17(10-14(18)11-26-19)32(30,31)12-13-2-3-13/h4-10,13,19,26,29H,2-3,11-12H2,1H3,(H,27,28). The first-order chi connectivity index (χ1) is 14.9. The Bertz CT molecular complexity index is 1140. The van der Waals surface area contributed by atoms with Gasteiger partial charge in [-0.1, -0.05) is 18.2 Å². The normalized spacial score (nSPS) is 20.5. The van der Waals surface area contributed by atoms with Crippen molar-refractivity contribution in [1.82, 2.24) is 5.32 Å². The summed E-state index contributed by atoms with van der Waals surface area (Å²) in [5.41, 5.74) is -1.69. The molecule has 2 aliphatic rings. The number of fused-ring (bicyclic) bond motifs is 1. The van der Waals surface area contributed by atoms with Crippen molar-refractivity contribution in [3.8, 4) is 0 Å². The Morgan fingerprint density at radius 2 is 1.81 bits per heavy atom. The number of sulfone groups is 1. The predicted molar refractivity (Wildman–Crippen MR) is 111 cm³/mol. The molecule has 6 nitrogen and oxygen atoms in total. The number of carbonyl (C=O) groups is 1. The SMILES string of the molecule is CC(O)(c1ccc(NC(=O)C2NCc3cc(S(=O)(=O)CC4CC4)ccc32)cc1)C(F)(F)F. The van der Waals surface area contributed by atoms with Gasteiger partial charge in [-0.2, -0.15) is 13.2 Å². The van der Waals surface area contributed by atoms with Crippen molar-refractivity contribution in [3.05, 3.63) is 59.2 Å². The molecule has 0 aromatic heterocycles. The number of alkyl halides is 3. The van der Waals surface area contributed by atoms with Crippen LogP contribution in [0.3, 0.4) is 0 Å². The maximum absolute atomic E-state index is 13.0. The van der Waals surface area contributed by atoms with Gasteiger partial charge >= 0.3 is 6.18 Å². The zero-order valence-electron chi connectivity index (χ0n) is 17.2. The lowest BCUT2D eigenvalue weighted by Crippen LogP contribution is -2.39. The molecule has 0 saturated heterocycles. The first kappa shape index (κ1) is 22.8. The molecule has 2 aromatic carbocycles. The molecule has 1 saturated carbocycles. The maximum atomic E-state index is 13.0. The Morgan fingerprint density at radius 3 is 2.41 bits per heavy atom. The molecule has 2 aromatic rings. The number of carbonyl (C=O) groups excluding carboxylic acids is 1. The molecule has 1 aliphatic carbocycles. The van der Waals surface area contributed by atoms with Gasteiger partial charge in [0.2, 0.25) is 5.91 Å². The van der Waals surface area contributed by atoms with Gasteiger partial charge in [-0.05, 0) is 66.6 Å². The van der Waals surface area contributed by atoms with E-state index in [9.17, 15) is 31.5 Å². The average Bonchev–Trinajstić information content (AvgIpc) is 3.41. The molecule has 0 radical (unpaired) electrons. The third kappa shape index (κ3) is 4.39. The molecule has 1 heterocycles. The highest BCUT2D eigenvalue weighted by Crippen LogP contribution is 2.39. The minimum atomic E-state index is -4.83. The number of anilines is 1. The summed E-state index contributed by atoms with van der Waals surface area (Å²) in [4.78, 5) is 13.0. The van der Waals surface area contributed by atoms with Gasteiger partial charge in [0.1, 0.15) is 6.04 Å². The maximum Gasteiger partial charge on any atom is 0.421 e. The van der Waals surface area contributed by atoms with Crippen molar-refractivity contribution in [2.75, 3.05) is 11.1 Å². The van der Waals surface area contributed by atoms with Crippen molar-refractivity contribution >= 4 is 21.4 Å². The predicted octanol–water partition coefficient (Wildman–Crippen LogP) is 3.42. The van der Waals surface area contributed by atoms with Crippen LogP contribution in [-0.4, -0.2) is 31.4 Å². The summed E-state index contributed by atoms with van der Waals surface area (Å²) >= 11 is 0. The second kappa shape index (κ2) is 7.86. The third-order valence-electron chi connectivity index (χ3n) is 5.96. The highest BCUT2D eigenvalue weighted by atomic mass is 32.2. The lowest BCUT2D eigenvalue weighted by atomic mass is 9.95. The monoisotopic (exact) mass is 468 g/mol. The molecule has 3 N–H and O–H groups in total. The Morgan fingerprint density at radius 1 is 1.16 bits per heavy atom. The fraction of sp³-hybridized carbons (Fsp3) is 0.409. The number of nitrogens with one attached hydrogen (secondary N) is 2. The van der Waals surface area contributed by atoms with E-state index in [4.69, 9.17) is 0 Å². The van der Waals surface area contributed by atoms with E-state index in [-0.39, 0.29) is 27.8 Å². The molecule has 1 fully saturated rings. The molecule has 32 heavy (non-hydrogen) atoms. The summed E-state index contributed by atoms with van der Waals surface area (Å²) in [6.45, 7) is 0.993. The molecular formula is C22H23F3N2O4S. The lowest BCUT2D eigenvalue weighted by molar-refractivity contribution is -0.258. The fourth-order valence-electron chi connectivity index (χ4n) is 3.71. The van der Waals surface area contributed by atoms with E-state index in [1.165, 1.54) is 18.2 Å². The van der Waals surface area contributed by atoms with Crippen LogP contribution in [0.4, 0.5) is 18.9 Å². The molecule has 0 spiro atoms. The van der Waals surface area contributed by atoms with E-state index in [0.29, 0.717) is 19.0 Å². The van der Waals surface area contributed by atoms with Crippen molar-refractivity contribution in [2.45, 2.75) is 49.0 Å². The number of rotatable bonds is 6. The minimum absolute atomic E-state index is 0.139. The van der Waals surface area contributed by atoms with Crippen LogP contribution in [0.1, 0.15) is 42.5 Å². The average molecular weight is 468 g/mol. The van der Waals surface area contributed by atoms with Crippen LogP contribution >= 0.6 is 0 Å². The molecule has 10 heteroatoms. The molecule has 1 amide bonds. The van der Waals surface area contributed by atoms with Gasteiger partial charge in [-0.3, -0.25) is 10.1 Å². The van der Waals surface area contributed by atoms with Crippen molar-refractivity contribution in [1.29, 1.82) is 0 Å². The smallest absolute Gasteiger partial charge is 0.376 e. The first-order valence-electron chi connectivity index (χ1n) is 10.2. The highest BCUT2D eigenvalue weighted by molar-refractivity contribution is 7.91. The summed E-state index contributed by atoms with van der Waals surface area (Å²) < 4.78 is 64.0. The van der Waals surface area contributed by atoms with E-state index < -0.39 is 33.6 Å². The van der Waals surface area contributed by atoms with E-state index in [0.717, 1.165) is 30.5 Å². The van der Waals surface area contributed by atoms with Gasteiger partial charge in [0.25, 0.3) is 0 Å². The minimum Gasteiger partial charge on any atom is -0.376 e. The topological polar surface area (TPSA) is 95.5 Å². The van der Waals surface area contributed by atoms with Crippen LogP contribution in [0.15, 0.2) is 47.4 Å². The summed E-state index contributed by atoms with van der Waals surface area (Å²) in [6.07, 6.45) is -2.97. The van der Waals surface area contributed by atoms with Gasteiger partial charge in [0.05, 0.1) is 10.6 Å². The Hall–Kier alpha value is -2.43. The van der Waals surface area contributed by atoms with Crippen LogP contribution in [0.5, 0.6) is 0 Å². The molecule has 4 rings (SSSR count). The van der Waals surface area contributed by atoms with Crippen LogP contribution in [-0.2, 0) is 26.8 Å². The van der Waals surface area contributed by atoms with E-state index >= 15 is 0 Å². The molecule has 172 valence electrons. The molecule has 0 bridgehead atoms. The second-order valence-corrected chi connectivity index (χ2v) is 10.6. The summed E-state index contributed by atoms with van der Waals surface area (Å²) in [5, 5.41) is 15.4. The Balaban J connectivity index is 1.47. The van der Waals surface area contributed by atoms with Gasteiger partial charge in [-0.25, -0.2) is 8.42 Å². The number of hydrogen-bond donors (Lipinski definition) is 3. The quantitative estimate of drug-likeness (QED) is 0.604. The zero-order chi connectivity index (χ0) is 23.3. The number of hydrogen-bond acceptors (Lipinski definition) is 5.